The van der Waals surface area contributed by atoms with Gasteiger partial charge >= 0.3 is 0 Å². The van der Waals surface area contributed by atoms with E-state index in [4.69, 9.17) is 5.73 Å². The van der Waals surface area contributed by atoms with Gasteiger partial charge in [-0.1, -0.05) is 0 Å². The molecule has 1 aromatic carbocycles. The molecule has 4 nitrogen and oxygen atoms in total. The largest absolute Gasteiger partial charge is 0.396 e. The van der Waals surface area contributed by atoms with E-state index in [9.17, 15) is 4.79 Å². The van der Waals surface area contributed by atoms with E-state index in [2.05, 4.69) is 9.97 Å². The molecule has 1 aromatic heterocycles. The second-order valence-electron chi connectivity index (χ2n) is 2.49. The standard InChI is InChI=1S/C8H7N3O/c9-7-5(3-12)1-2-6-8(7)11-4-10-6/h1-4H,9H2,(H,10,11). The number of aldehydes is 1. The molecule has 4 heteroatoms. The van der Waals surface area contributed by atoms with Gasteiger partial charge in [0.1, 0.15) is 5.52 Å². The molecule has 0 aliphatic heterocycles. The third kappa shape index (κ3) is 0.780. The van der Waals surface area contributed by atoms with Crippen LogP contribution in [-0.2, 0) is 0 Å². The van der Waals surface area contributed by atoms with Gasteiger partial charge in [-0.25, -0.2) is 4.98 Å². The van der Waals surface area contributed by atoms with E-state index in [1.165, 1.54) is 0 Å². The zero-order valence-electron chi connectivity index (χ0n) is 6.24. The van der Waals surface area contributed by atoms with E-state index >= 15 is 0 Å². The Kier molecular flexibility index (Phi) is 1.33. The predicted molar refractivity (Wildman–Crippen MR) is 45.9 cm³/mol. The van der Waals surface area contributed by atoms with Crippen molar-refractivity contribution >= 4 is 23.0 Å². The molecular formula is C8H7N3O. The van der Waals surface area contributed by atoms with Gasteiger partial charge in [0.25, 0.3) is 0 Å². The van der Waals surface area contributed by atoms with Crippen molar-refractivity contribution in [1.29, 1.82) is 0 Å². The molecule has 12 heavy (non-hydrogen) atoms. The van der Waals surface area contributed by atoms with Gasteiger partial charge in [0, 0.05) is 5.56 Å². The number of aromatic amines is 1. The second-order valence-corrected chi connectivity index (χ2v) is 2.49. The van der Waals surface area contributed by atoms with Crippen LogP contribution in [0.4, 0.5) is 5.69 Å². The third-order valence-electron chi connectivity index (χ3n) is 1.79. The van der Waals surface area contributed by atoms with E-state index in [1.54, 1.807) is 18.5 Å². The Morgan fingerprint density at radius 2 is 2.33 bits per heavy atom. The van der Waals surface area contributed by atoms with Gasteiger partial charge in [-0.3, -0.25) is 4.79 Å². The minimum absolute atomic E-state index is 0.434. The number of anilines is 1. The molecule has 1 heterocycles. The Labute approximate surface area is 68.4 Å². The first-order chi connectivity index (χ1) is 5.83. The molecule has 0 saturated heterocycles. The summed E-state index contributed by atoms with van der Waals surface area (Å²) in [4.78, 5) is 17.4. The van der Waals surface area contributed by atoms with Crippen molar-refractivity contribution in [3.05, 3.63) is 24.0 Å². The van der Waals surface area contributed by atoms with Gasteiger partial charge in [-0.05, 0) is 12.1 Å². The topological polar surface area (TPSA) is 71.8 Å². The summed E-state index contributed by atoms with van der Waals surface area (Å²) in [6, 6.07) is 3.45. The van der Waals surface area contributed by atoms with Crippen molar-refractivity contribution in [1.82, 2.24) is 9.97 Å². The number of carbonyl (C=O) groups excluding carboxylic acids is 1. The number of nitrogen functional groups attached to an aromatic ring is 1. The first-order valence-electron chi connectivity index (χ1n) is 3.49. The number of hydrogen-bond donors (Lipinski definition) is 2. The number of fused-ring (bicyclic) bond motifs is 1. The lowest BCUT2D eigenvalue weighted by Gasteiger charge is -1.97. The number of imidazole rings is 1. The van der Waals surface area contributed by atoms with Crippen LogP contribution in [0.2, 0.25) is 0 Å². The van der Waals surface area contributed by atoms with Crippen LogP contribution in [0.5, 0.6) is 0 Å². The van der Waals surface area contributed by atoms with Crippen molar-refractivity contribution in [3.8, 4) is 0 Å². The summed E-state index contributed by atoms with van der Waals surface area (Å²) in [7, 11) is 0. The number of aromatic nitrogens is 2. The lowest BCUT2D eigenvalue weighted by molar-refractivity contribution is 0.112. The maximum Gasteiger partial charge on any atom is 0.152 e. The molecule has 2 aromatic rings. The summed E-state index contributed by atoms with van der Waals surface area (Å²) in [5, 5.41) is 0. The predicted octanol–water partition coefficient (Wildman–Crippen LogP) is 0.958. The highest BCUT2D eigenvalue weighted by Gasteiger charge is 2.04. The van der Waals surface area contributed by atoms with Crippen LogP contribution in [-0.4, -0.2) is 16.3 Å². The Hall–Kier alpha value is -1.84. The average molecular weight is 161 g/mol. The van der Waals surface area contributed by atoms with Gasteiger partial charge in [0.15, 0.2) is 6.29 Å². The van der Waals surface area contributed by atoms with Crippen LogP contribution in [0.1, 0.15) is 10.4 Å². The van der Waals surface area contributed by atoms with Gasteiger partial charge in [-0.2, -0.15) is 0 Å². The zero-order valence-corrected chi connectivity index (χ0v) is 6.24. The fourth-order valence-electron chi connectivity index (χ4n) is 1.15. The maximum atomic E-state index is 10.5. The summed E-state index contributed by atoms with van der Waals surface area (Å²) in [6.07, 6.45) is 2.28. The summed E-state index contributed by atoms with van der Waals surface area (Å²) < 4.78 is 0. The third-order valence-corrected chi connectivity index (χ3v) is 1.79. The zero-order chi connectivity index (χ0) is 8.55. The first-order valence-corrected chi connectivity index (χ1v) is 3.49. The molecular weight excluding hydrogens is 154 g/mol. The minimum atomic E-state index is 0.434. The van der Waals surface area contributed by atoms with Crippen LogP contribution in [0.3, 0.4) is 0 Å². The number of nitrogens with zero attached hydrogens (tertiary/aromatic N) is 1. The van der Waals surface area contributed by atoms with Crippen molar-refractivity contribution < 1.29 is 4.79 Å². The van der Waals surface area contributed by atoms with Crippen LogP contribution in [0.25, 0.3) is 11.0 Å². The highest BCUT2D eigenvalue weighted by atomic mass is 16.1. The van der Waals surface area contributed by atoms with Gasteiger partial charge in [0.05, 0.1) is 17.5 Å². The quantitative estimate of drug-likeness (QED) is 0.483. The minimum Gasteiger partial charge on any atom is -0.396 e. The molecule has 3 N–H and O–H groups in total. The number of nitrogens with two attached hydrogens (primary N) is 1. The molecule has 0 saturated carbocycles. The summed E-state index contributed by atoms with van der Waals surface area (Å²) >= 11 is 0. The second kappa shape index (κ2) is 2.34. The molecule has 0 fully saturated rings. The van der Waals surface area contributed by atoms with Gasteiger partial charge < -0.3 is 10.7 Å². The Morgan fingerprint density at radius 3 is 3.08 bits per heavy atom. The fraction of sp³-hybridized carbons (Fsp3) is 0. The molecule has 0 aliphatic carbocycles. The molecule has 2 rings (SSSR count). The first kappa shape index (κ1) is 6.84. The van der Waals surface area contributed by atoms with Crippen LogP contribution in [0.15, 0.2) is 18.5 Å². The molecule has 0 spiro atoms. The molecule has 0 radical (unpaired) electrons. The normalized spacial score (nSPS) is 10.3. The summed E-state index contributed by atoms with van der Waals surface area (Å²) in [5.74, 6) is 0. The smallest absolute Gasteiger partial charge is 0.152 e. The van der Waals surface area contributed by atoms with Crippen LogP contribution in [0, 0.1) is 0 Å². The number of carbonyl (C=O) groups is 1. The Bertz CT molecular complexity index is 433. The van der Waals surface area contributed by atoms with Crippen LogP contribution < -0.4 is 5.73 Å². The van der Waals surface area contributed by atoms with E-state index in [0.29, 0.717) is 16.8 Å². The van der Waals surface area contributed by atoms with Gasteiger partial charge in [0.2, 0.25) is 0 Å². The highest BCUT2D eigenvalue weighted by Crippen LogP contribution is 2.19. The summed E-state index contributed by atoms with van der Waals surface area (Å²) in [6.45, 7) is 0. The highest BCUT2D eigenvalue weighted by molar-refractivity contribution is 5.97. The summed E-state index contributed by atoms with van der Waals surface area (Å²) in [5.41, 5.74) is 8.07. The lowest BCUT2D eigenvalue weighted by Crippen LogP contribution is -1.93. The number of rotatable bonds is 1. The van der Waals surface area contributed by atoms with Crippen molar-refractivity contribution in [2.75, 3.05) is 5.73 Å². The van der Waals surface area contributed by atoms with Crippen LogP contribution >= 0.6 is 0 Å². The molecule has 0 aliphatic rings. The van der Waals surface area contributed by atoms with Crippen molar-refractivity contribution in [2.45, 2.75) is 0 Å². The number of H-pyrrole nitrogens is 1. The molecule has 0 unspecified atom stereocenters. The van der Waals surface area contributed by atoms with E-state index < -0.39 is 0 Å². The lowest BCUT2D eigenvalue weighted by atomic mass is 10.2. The Balaban J connectivity index is 2.86. The SMILES string of the molecule is Nc1c(C=O)ccc2[nH]cnc12. The van der Waals surface area contributed by atoms with Crippen molar-refractivity contribution in [3.63, 3.8) is 0 Å². The average Bonchev–Trinajstić information content (AvgIpc) is 2.53. The van der Waals surface area contributed by atoms with Gasteiger partial charge in [-0.15, -0.1) is 0 Å². The van der Waals surface area contributed by atoms with Crippen molar-refractivity contribution in [2.24, 2.45) is 0 Å². The maximum absolute atomic E-state index is 10.5. The van der Waals surface area contributed by atoms with E-state index in [-0.39, 0.29) is 0 Å². The fourth-order valence-corrected chi connectivity index (χ4v) is 1.15. The molecule has 60 valence electrons. The molecule has 0 amide bonds. The van der Waals surface area contributed by atoms with E-state index in [1.807, 2.05) is 0 Å². The number of nitrogens with one attached hydrogen (secondary N) is 1. The molecule has 0 atom stereocenters. The number of hydrogen-bond acceptors (Lipinski definition) is 3. The molecule has 0 bridgehead atoms. The Morgan fingerprint density at radius 1 is 1.50 bits per heavy atom. The van der Waals surface area contributed by atoms with E-state index in [0.717, 1.165) is 11.8 Å². The number of benzene rings is 1. The monoisotopic (exact) mass is 161 g/mol.